The molecule has 0 aromatic rings. The molecule has 0 aromatic carbocycles. The molecule has 0 aliphatic carbocycles. The molecule has 0 aliphatic heterocycles. The molecule has 0 bridgehead atoms. The van der Waals surface area contributed by atoms with Gasteiger partial charge in [-0.1, -0.05) is 6.58 Å². The summed E-state index contributed by atoms with van der Waals surface area (Å²) in [4.78, 5) is 9.66. The molecule has 0 N–H and O–H groups in total. The Bertz CT molecular complexity index is 66.0. The van der Waals surface area contributed by atoms with Gasteiger partial charge in [-0.15, -0.1) is 0 Å². The van der Waals surface area contributed by atoms with Crippen LogP contribution in [0.25, 0.3) is 0 Å². The molecule has 0 spiro atoms. The van der Waals surface area contributed by atoms with Crippen molar-refractivity contribution in [2.24, 2.45) is 0 Å². The zero-order valence-corrected chi connectivity index (χ0v) is 11.7. The Kier molecular flexibility index (Phi) is 24.0. The quantitative estimate of drug-likeness (QED) is 0.407. The minimum Gasteiger partial charge on any atom is -0.319 e. The van der Waals surface area contributed by atoms with Crippen LogP contribution < -0.4 is 0 Å². The van der Waals surface area contributed by atoms with E-state index in [-0.39, 0.29) is 55.9 Å². The molecule has 10 radical (unpaired) electrons. The fraction of sp³-hybridized carbons (Fsp3) is 0. The third kappa shape index (κ3) is 18.3. The summed E-state index contributed by atoms with van der Waals surface area (Å²) in [6, 6.07) is 0. The number of carbonyl (C=O) groups excluding carboxylic acids is 1. The van der Waals surface area contributed by atoms with Crippen LogP contribution in [0.15, 0.2) is 12.7 Å². The SMILES string of the molecule is C=C[C](=O)[Al].[Pb].[Sn]. The molecular weight excluding hydrogens is 405 g/mol. The van der Waals surface area contributed by atoms with Gasteiger partial charge in [0.15, 0.2) is 0 Å². The third-order valence-corrected chi connectivity index (χ3v) is 0.437. The summed E-state index contributed by atoms with van der Waals surface area (Å²) >= 11 is 1.98. The third-order valence-electron chi connectivity index (χ3n) is 0.201. The Labute approximate surface area is 88.5 Å². The zero-order chi connectivity index (χ0) is 4.28. The molecule has 7 heavy (non-hydrogen) atoms. The summed E-state index contributed by atoms with van der Waals surface area (Å²) in [7, 11) is 0. The molecule has 4 heteroatoms. The molecule has 0 unspecified atom stereocenters. The van der Waals surface area contributed by atoms with E-state index in [1.54, 1.807) is 0 Å². The Hall–Kier alpha value is 1.66. The maximum absolute atomic E-state index is 9.66. The predicted molar refractivity (Wildman–Crippen MR) is 32.5 cm³/mol. The number of hydrogen-bond donors (Lipinski definition) is 0. The standard InChI is InChI=1S/C3H3O.Al.Pb.Sn/c1-2-3-4;;;/h2H,1H2;;;. The van der Waals surface area contributed by atoms with Crippen LogP contribution in [0.1, 0.15) is 0 Å². The average Bonchev–Trinajstić information content (AvgIpc) is 1.38. The van der Waals surface area contributed by atoms with Gasteiger partial charge in [-0.05, 0) is 6.08 Å². The summed E-state index contributed by atoms with van der Waals surface area (Å²) in [6.07, 6.45) is 1.24. The second-order valence-corrected chi connectivity index (χ2v) is 1.18. The Morgan fingerprint density at radius 2 is 1.86 bits per heavy atom. The predicted octanol–water partition coefficient (Wildman–Crippen LogP) is -0.894. The summed E-state index contributed by atoms with van der Waals surface area (Å²) in [5.74, 6) is 0. The Morgan fingerprint density at radius 3 is 1.86 bits per heavy atom. The fourth-order valence-electron chi connectivity index (χ4n) is 0. The summed E-state index contributed by atoms with van der Waals surface area (Å²) in [6.45, 7) is 3.19. The minimum absolute atomic E-state index is 0. The minimum atomic E-state index is -0.0648. The maximum atomic E-state index is 9.66. The van der Waals surface area contributed by atoms with Crippen molar-refractivity contribution in [2.45, 2.75) is 0 Å². The van der Waals surface area contributed by atoms with Crippen LogP contribution in [0.4, 0.5) is 0 Å². The molecule has 0 aliphatic rings. The van der Waals surface area contributed by atoms with Gasteiger partial charge in [-0.2, -0.15) is 0 Å². The normalized spacial score (nSPS) is 4.57. The van der Waals surface area contributed by atoms with Gasteiger partial charge in [0.25, 0.3) is 0 Å². The van der Waals surface area contributed by atoms with Crippen molar-refractivity contribution in [2.75, 3.05) is 0 Å². The second kappa shape index (κ2) is 10.6. The molecule has 0 rings (SSSR count). The van der Waals surface area contributed by atoms with Crippen molar-refractivity contribution in [1.82, 2.24) is 0 Å². The Balaban J connectivity index is -0.0000000800. The topological polar surface area (TPSA) is 17.1 Å². The molecule has 0 amide bonds. The van der Waals surface area contributed by atoms with Crippen LogP contribution in [0.3, 0.4) is 0 Å². The summed E-state index contributed by atoms with van der Waals surface area (Å²) in [5, 5.41) is 0. The largest absolute Gasteiger partial charge is 0.319 e. The number of hydrogen-bond acceptors (Lipinski definition) is 1. The molecular formula is C3H3AlOPbSn. The fourth-order valence-corrected chi connectivity index (χ4v) is 0. The summed E-state index contributed by atoms with van der Waals surface area (Å²) < 4.78 is -0.0648. The van der Waals surface area contributed by atoms with Crippen LogP contribution >= 0.6 is 0 Å². The molecule has 0 fully saturated rings. The van der Waals surface area contributed by atoms with E-state index in [0.717, 1.165) is 0 Å². The average molecular weight is 408 g/mol. The van der Waals surface area contributed by atoms with E-state index in [1.165, 1.54) is 6.08 Å². The first kappa shape index (κ1) is 15.9. The van der Waals surface area contributed by atoms with Crippen LogP contribution in [-0.2, 0) is 4.79 Å². The van der Waals surface area contributed by atoms with Crippen molar-refractivity contribution in [3.05, 3.63) is 12.7 Å². The molecule has 0 saturated heterocycles. The van der Waals surface area contributed by atoms with Crippen LogP contribution in [0.2, 0.25) is 0 Å². The van der Waals surface area contributed by atoms with Crippen molar-refractivity contribution < 1.29 is 4.79 Å². The van der Waals surface area contributed by atoms with Crippen molar-refractivity contribution in [1.29, 1.82) is 0 Å². The van der Waals surface area contributed by atoms with Gasteiger partial charge in [0.05, 0.1) is 0 Å². The second-order valence-electron chi connectivity index (χ2n) is 0.606. The van der Waals surface area contributed by atoms with E-state index in [9.17, 15) is 4.79 Å². The number of carbonyl (C=O) groups is 1. The van der Waals surface area contributed by atoms with Gasteiger partial charge >= 0.3 is 0 Å². The van der Waals surface area contributed by atoms with Gasteiger partial charge < -0.3 is 4.79 Å². The number of allylic oxidation sites excluding steroid dienone is 1. The van der Waals surface area contributed by atoms with Gasteiger partial charge in [0, 0.05) is 55.9 Å². The van der Waals surface area contributed by atoms with E-state index < -0.39 is 0 Å². The van der Waals surface area contributed by atoms with Crippen LogP contribution in [0.5, 0.6) is 0 Å². The smallest absolute Gasteiger partial charge is 0.249 e. The zero-order valence-electron chi connectivity index (χ0n) is 3.77. The van der Waals surface area contributed by atoms with Crippen molar-refractivity contribution in [3.8, 4) is 0 Å². The summed E-state index contributed by atoms with van der Waals surface area (Å²) in [5.41, 5.74) is 0. The molecule has 32 valence electrons. The van der Waals surface area contributed by atoms with E-state index in [4.69, 9.17) is 0 Å². The van der Waals surface area contributed by atoms with Gasteiger partial charge in [-0.25, -0.2) is 0 Å². The van der Waals surface area contributed by atoms with E-state index >= 15 is 0 Å². The maximum Gasteiger partial charge on any atom is 0.249 e. The van der Waals surface area contributed by atoms with Crippen LogP contribution in [-0.4, -0.2) is 72.1 Å². The molecule has 0 heterocycles. The number of rotatable bonds is 1. The molecule has 0 atom stereocenters. The first-order chi connectivity index (χ1) is 2.27. The van der Waals surface area contributed by atoms with E-state index in [1.807, 2.05) is 16.3 Å². The van der Waals surface area contributed by atoms with Gasteiger partial charge in [0.2, 0.25) is 16.3 Å². The van der Waals surface area contributed by atoms with E-state index in [0.29, 0.717) is 0 Å². The van der Waals surface area contributed by atoms with Crippen molar-refractivity contribution >= 4 is 72.1 Å². The monoisotopic (exact) mass is 410 g/mol. The first-order valence-corrected chi connectivity index (χ1v) is 1.77. The Morgan fingerprint density at radius 1 is 1.71 bits per heavy atom. The molecule has 0 saturated carbocycles. The van der Waals surface area contributed by atoms with Crippen LogP contribution in [0, 0.1) is 0 Å². The molecule has 1 nitrogen and oxygen atoms in total. The molecule has 0 aromatic heterocycles. The van der Waals surface area contributed by atoms with Gasteiger partial charge in [0.1, 0.15) is 0 Å². The van der Waals surface area contributed by atoms with Crippen molar-refractivity contribution in [3.63, 3.8) is 0 Å². The van der Waals surface area contributed by atoms with E-state index in [2.05, 4.69) is 6.58 Å². The first-order valence-electron chi connectivity index (χ1n) is 1.19. The van der Waals surface area contributed by atoms with Gasteiger partial charge in [-0.3, -0.25) is 0 Å².